The number of hydrogen-bond acceptors (Lipinski definition) is 1. The molecule has 0 bridgehead atoms. The van der Waals surface area contributed by atoms with Gasteiger partial charge >= 0.3 is 0 Å². The third-order valence-electron chi connectivity index (χ3n) is 9.02. The van der Waals surface area contributed by atoms with Gasteiger partial charge in [0.2, 0.25) is 0 Å². The quantitative estimate of drug-likeness (QED) is 0.193. The second kappa shape index (κ2) is 10.5. The molecule has 0 unspecified atom stereocenters. The highest BCUT2D eigenvalue weighted by molar-refractivity contribution is 6.21. The van der Waals surface area contributed by atoms with Gasteiger partial charge in [0, 0.05) is 11.6 Å². The first-order valence-corrected chi connectivity index (χ1v) is 15.6. The van der Waals surface area contributed by atoms with Crippen LogP contribution in [0, 0.1) is 0 Å². The van der Waals surface area contributed by atoms with Crippen LogP contribution >= 0.6 is 0 Å². The number of pyridine rings is 1. The third kappa shape index (κ3) is 4.77. The van der Waals surface area contributed by atoms with E-state index in [2.05, 4.69) is 163 Å². The normalized spacial score (nSPS) is 12.3. The highest BCUT2D eigenvalue weighted by Gasteiger charge is 2.21. The van der Waals surface area contributed by atoms with Crippen molar-refractivity contribution in [3.63, 3.8) is 0 Å². The van der Waals surface area contributed by atoms with Crippen LogP contribution in [0.25, 0.3) is 65.8 Å². The monoisotopic (exact) mass is 569 g/mol. The summed E-state index contributed by atoms with van der Waals surface area (Å²) in [5.74, 6) is 0. The van der Waals surface area contributed by atoms with Crippen molar-refractivity contribution in [1.29, 1.82) is 0 Å². The molecule has 0 aliphatic heterocycles. The Balaban J connectivity index is 1.48. The first-order chi connectivity index (χ1) is 21.1. The maximum atomic E-state index is 4.83. The molecule has 7 rings (SSSR count). The fourth-order valence-corrected chi connectivity index (χ4v) is 6.72. The van der Waals surface area contributed by atoms with E-state index in [1.165, 1.54) is 71.4 Å². The van der Waals surface area contributed by atoms with Gasteiger partial charge in [-0.2, -0.15) is 0 Å². The molecule has 7 aromatic rings. The average molecular weight is 570 g/mol. The number of rotatable bonds is 3. The minimum atomic E-state index is 0.0227. The molecule has 0 fully saturated rings. The lowest BCUT2D eigenvalue weighted by Crippen LogP contribution is -2.12. The van der Waals surface area contributed by atoms with E-state index in [9.17, 15) is 0 Å². The largest absolute Gasteiger partial charge is 0.256 e. The molecule has 0 spiro atoms. The van der Waals surface area contributed by atoms with Crippen molar-refractivity contribution in [1.82, 2.24) is 4.98 Å². The van der Waals surface area contributed by atoms with Crippen LogP contribution in [0.4, 0.5) is 0 Å². The molecule has 0 aliphatic carbocycles. The van der Waals surface area contributed by atoms with E-state index in [-0.39, 0.29) is 10.8 Å². The maximum absolute atomic E-state index is 4.83. The lowest BCUT2D eigenvalue weighted by Gasteiger charge is -2.23. The van der Waals surface area contributed by atoms with Crippen molar-refractivity contribution in [2.45, 2.75) is 52.4 Å². The van der Waals surface area contributed by atoms with Gasteiger partial charge in [-0.25, -0.2) is 0 Å². The molecule has 1 nitrogen and oxygen atoms in total. The van der Waals surface area contributed by atoms with Crippen LogP contribution in [-0.4, -0.2) is 4.98 Å². The molecular weight excluding hydrogens is 530 g/mol. The number of benzene rings is 6. The van der Waals surface area contributed by atoms with Crippen molar-refractivity contribution in [3.05, 3.63) is 139 Å². The van der Waals surface area contributed by atoms with Gasteiger partial charge in [0.1, 0.15) is 0 Å². The van der Waals surface area contributed by atoms with Crippen LogP contribution in [-0.2, 0) is 10.8 Å². The molecule has 0 radical (unpaired) electrons. The van der Waals surface area contributed by atoms with Crippen molar-refractivity contribution >= 4 is 32.4 Å². The van der Waals surface area contributed by atoms with Gasteiger partial charge in [-0.1, -0.05) is 151 Å². The second-order valence-corrected chi connectivity index (χ2v) is 14.1. The highest BCUT2D eigenvalue weighted by atomic mass is 14.7. The molecule has 0 saturated heterocycles. The summed E-state index contributed by atoms with van der Waals surface area (Å²) in [7, 11) is 0. The van der Waals surface area contributed by atoms with Gasteiger partial charge < -0.3 is 0 Å². The summed E-state index contributed by atoms with van der Waals surface area (Å²) in [6.07, 6.45) is 1.96. The van der Waals surface area contributed by atoms with Crippen LogP contribution in [0.15, 0.2) is 128 Å². The molecule has 216 valence electrons. The molecule has 0 aliphatic rings. The number of hydrogen-bond donors (Lipinski definition) is 0. The van der Waals surface area contributed by atoms with E-state index in [0.717, 1.165) is 5.52 Å². The van der Waals surface area contributed by atoms with E-state index in [1.807, 2.05) is 6.20 Å². The fourth-order valence-electron chi connectivity index (χ4n) is 6.72. The molecule has 0 saturated carbocycles. The van der Waals surface area contributed by atoms with Gasteiger partial charge in [-0.3, -0.25) is 4.98 Å². The fraction of sp³-hybridized carbons (Fsp3) is 0.186. The maximum Gasteiger partial charge on any atom is 0.0745 e. The van der Waals surface area contributed by atoms with Crippen molar-refractivity contribution in [2.24, 2.45) is 0 Å². The Morgan fingerprint density at radius 3 is 1.66 bits per heavy atom. The molecule has 1 aromatic heterocycles. The SMILES string of the molecule is CC(C)(C)c1ccc2c(-c3ccccc3)c3ccccc3c(-c3ccc(-c4ccnc5c(C(C)(C)C)cccc45)cc3)c2c1. The lowest BCUT2D eigenvalue weighted by molar-refractivity contribution is 0.591. The summed E-state index contributed by atoms with van der Waals surface area (Å²) in [4.78, 5) is 4.83. The summed E-state index contributed by atoms with van der Waals surface area (Å²) in [6.45, 7) is 13.7. The molecule has 1 heterocycles. The van der Waals surface area contributed by atoms with Crippen LogP contribution in [0.5, 0.6) is 0 Å². The highest BCUT2D eigenvalue weighted by Crippen LogP contribution is 2.45. The van der Waals surface area contributed by atoms with E-state index in [4.69, 9.17) is 4.98 Å². The van der Waals surface area contributed by atoms with E-state index in [1.54, 1.807) is 0 Å². The summed E-state index contributed by atoms with van der Waals surface area (Å²) in [5, 5.41) is 6.35. The average Bonchev–Trinajstić information content (AvgIpc) is 3.02. The van der Waals surface area contributed by atoms with Gasteiger partial charge in [-0.15, -0.1) is 0 Å². The number of nitrogens with zero attached hydrogens (tertiary/aromatic N) is 1. The molecule has 44 heavy (non-hydrogen) atoms. The molecule has 1 heteroatoms. The Morgan fingerprint density at radius 1 is 0.432 bits per heavy atom. The Hall–Kier alpha value is -4.75. The second-order valence-electron chi connectivity index (χ2n) is 14.1. The molecule has 6 aromatic carbocycles. The number of aromatic nitrogens is 1. The van der Waals surface area contributed by atoms with Gasteiger partial charge in [-0.05, 0) is 89.0 Å². The van der Waals surface area contributed by atoms with Crippen LogP contribution in [0.2, 0.25) is 0 Å². The zero-order chi connectivity index (χ0) is 30.6. The summed E-state index contributed by atoms with van der Waals surface area (Å²) in [5.41, 5.74) is 11.3. The van der Waals surface area contributed by atoms with E-state index < -0.39 is 0 Å². The smallest absolute Gasteiger partial charge is 0.0745 e. The predicted octanol–water partition coefficient (Wildman–Crippen LogP) is 12.1. The Kier molecular flexibility index (Phi) is 6.66. The standard InChI is InChI=1S/C43H39N/c1-42(2,3)31-23-24-35-37(27-31)40(34-16-11-10-15-33(34)39(35)29-13-8-7-9-14-29)30-21-19-28(20-22-30)32-25-26-44-41-36(32)17-12-18-38(41)43(4,5)6/h7-27H,1-6H3. The summed E-state index contributed by atoms with van der Waals surface area (Å²) in [6, 6.07) is 44.8. The van der Waals surface area contributed by atoms with Crippen LogP contribution in [0.1, 0.15) is 52.7 Å². The lowest BCUT2D eigenvalue weighted by atomic mass is 9.81. The Morgan fingerprint density at radius 2 is 1.00 bits per heavy atom. The minimum Gasteiger partial charge on any atom is -0.256 e. The Labute approximate surface area is 261 Å². The summed E-state index contributed by atoms with van der Waals surface area (Å²) >= 11 is 0. The summed E-state index contributed by atoms with van der Waals surface area (Å²) < 4.78 is 0. The van der Waals surface area contributed by atoms with E-state index >= 15 is 0 Å². The first kappa shape index (κ1) is 28.0. The van der Waals surface area contributed by atoms with Crippen molar-refractivity contribution in [2.75, 3.05) is 0 Å². The Bertz CT molecular complexity index is 2160. The molecule has 0 atom stereocenters. The number of para-hydroxylation sites is 1. The van der Waals surface area contributed by atoms with Crippen molar-refractivity contribution < 1.29 is 0 Å². The van der Waals surface area contributed by atoms with Crippen LogP contribution < -0.4 is 0 Å². The van der Waals surface area contributed by atoms with Crippen LogP contribution in [0.3, 0.4) is 0 Å². The third-order valence-corrected chi connectivity index (χ3v) is 9.02. The molecule has 0 N–H and O–H groups in total. The van der Waals surface area contributed by atoms with Gasteiger partial charge in [0.15, 0.2) is 0 Å². The predicted molar refractivity (Wildman–Crippen MR) is 190 cm³/mol. The van der Waals surface area contributed by atoms with Gasteiger partial charge in [0.05, 0.1) is 5.52 Å². The molecule has 0 amide bonds. The topological polar surface area (TPSA) is 12.9 Å². The van der Waals surface area contributed by atoms with E-state index in [0.29, 0.717) is 0 Å². The van der Waals surface area contributed by atoms with Gasteiger partial charge in [0.25, 0.3) is 0 Å². The minimum absolute atomic E-state index is 0.0227. The number of fused-ring (bicyclic) bond motifs is 3. The van der Waals surface area contributed by atoms with Crippen molar-refractivity contribution in [3.8, 4) is 33.4 Å². The zero-order valence-electron chi connectivity index (χ0n) is 26.6. The first-order valence-electron chi connectivity index (χ1n) is 15.6. The molecular formula is C43H39N. The zero-order valence-corrected chi connectivity index (χ0v) is 26.6.